The Kier molecular flexibility index (Phi) is 5.29. The van der Waals surface area contributed by atoms with Gasteiger partial charge in [0, 0.05) is 24.0 Å². The number of nitrogens with one attached hydrogen (secondary N) is 4. The fraction of sp³-hybridized carbons (Fsp3) is 0.708. The Morgan fingerprint density at radius 2 is 2.00 bits per heavy atom. The Bertz CT molecular complexity index is 759. The highest BCUT2D eigenvalue weighted by Crippen LogP contribution is 2.55. The van der Waals surface area contributed by atoms with Crippen molar-refractivity contribution in [3.8, 4) is 0 Å². The number of amides is 1. The van der Waals surface area contributed by atoms with Crippen molar-refractivity contribution in [3.63, 3.8) is 0 Å². The standard InChI is InChI=1S/C24H36N4O/c1-16-6-5-11-24(18-7-3-2-4-8-18)13-21(28-22(16)24)23(29)27-19-10-9-17-14-25-15-26-20(17)12-19/h9-10,12,16,18,21-22,25-26,28H,2-8,11,13-15H2,1H3,(H,27,29). The fourth-order valence-corrected chi connectivity index (χ4v) is 6.88. The van der Waals surface area contributed by atoms with Crippen molar-refractivity contribution in [1.29, 1.82) is 0 Å². The number of anilines is 2. The number of fused-ring (bicyclic) bond motifs is 2. The van der Waals surface area contributed by atoms with Crippen molar-refractivity contribution >= 4 is 17.3 Å². The molecule has 2 saturated carbocycles. The predicted octanol–water partition coefficient (Wildman–Crippen LogP) is 4.21. The molecule has 1 aromatic carbocycles. The van der Waals surface area contributed by atoms with Gasteiger partial charge < -0.3 is 16.0 Å². The molecule has 4 N–H and O–H groups in total. The van der Waals surface area contributed by atoms with Crippen LogP contribution in [-0.4, -0.2) is 24.7 Å². The molecule has 0 spiro atoms. The summed E-state index contributed by atoms with van der Waals surface area (Å²) < 4.78 is 0. The van der Waals surface area contributed by atoms with Crippen LogP contribution in [0.1, 0.15) is 70.3 Å². The largest absolute Gasteiger partial charge is 0.372 e. The molecule has 4 unspecified atom stereocenters. The maximum atomic E-state index is 13.3. The van der Waals surface area contributed by atoms with E-state index in [1.807, 2.05) is 6.07 Å². The van der Waals surface area contributed by atoms with Crippen LogP contribution in [-0.2, 0) is 11.3 Å². The van der Waals surface area contributed by atoms with E-state index in [9.17, 15) is 4.79 Å². The molecule has 5 nitrogen and oxygen atoms in total. The quantitative estimate of drug-likeness (QED) is 0.618. The number of rotatable bonds is 3. The lowest BCUT2D eigenvalue weighted by atomic mass is 9.57. The molecule has 0 aromatic heterocycles. The summed E-state index contributed by atoms with van der Waals surface area (Å²) in [4.78, 5) is 13.3. The summed E-state index contributed by atoms with van der Waals surface area (Å²) in [6, 6.07) is 6.67. The van der Waals surface area contributed by atoms with Crippen LogP contribution in [0.2, 0.25) is 0 Å². The molecule has 2 aliphatic heterocycles. The zero-order valence-electron chi connectivity index (χ0n) is 17.7. The summed E-state index contributed by atoms with van der Waals surface area (Å²) >= 11 is 0. The summed E-state index contributed by atoms with van der Waals surface area (Å²) in [5.41, 5.74) is 3.62. The summed E-state index contributed by atoms with van der Waals surface area (Å²) in [5, 5.41) is 13.7. The monoisotopic (exact) mass is 396 g/mol. The smallest absolute Gasteiger partial charge is 0.241 e. The van der Waals surface area contributed by atoms with Gasteiger partial charge in [-0.2, -0.15) is 0 Å². The van der Waals surface area contributed by atoms with Crippen LogP contribution in [0.15, 0.2) is 18.2 Å². The van der Waals surface area contributed by atoms with Gasteiger partial charge in [-0.15, -0.1) is 0 Å². The Morgan fingerprint density at radius 3 is 2.86 bits per heavy atom. The molecule has 0 radical (unpaired) electrons. The fourth-order valence-electron chi connectivity index (χ4n) is 6.88. The van der Waals surface area contributed by atoms with E-state index in [-0.39, 0.29) is 11.9 Å². The Morgan fingerprint density at radius 1 is 1.14 bits per heavy atom. The number of hydrogen-bond donors (Lipinski definition) is 4. The van der Waals surface area contributed by atoms with Crippen molar-refractivity contribution in [2.24, 2.45) is 17.3 Å². The first-order chi connectivity index (χ1) is 14.2. The van der Waals surface area contributed by atoms with Gasteiger partial charge >= 0.3 is 0 Å². The minimum atomic E-state index is -0.0619. The van der Waals surface area contributed by atoms with Crippen LogP contribution >= 0.6 is 0 Å². The van der Waals surface area contributed by atoms with Gasteiger partial charge in [0.2, 0.25) is 5.91 Å². The lowest BCUT2D eigenvalue weighted by Crippen LogP contribution is -2.50. The molecule has 0 bridgehead atoms. The van der Waals surface area contributed by atoms with E-state index in [1.165, 1.54) is 56.9 Å². The number of carbonyl (C=O) groups excluding carboxylic acids is 1. The molecule has 5 rings (SSSR count). The van der Waals surface area contributed by atoms with Gasteiger partial charge in [0.1, 0.15) is 0 Å². The highest BCUT2D eigenvalue weighted by molar-refractivity contribution is 5.95. The topological polar surface area (TPSA) is 65.2 Å². The Labute approximate surface area is 174 Å². The van der Waals surface area contributed by atoms with E-state index in [1.54, 1.807) is 0 Å². The molecular weight excluding hydrogens is 360 g/mol. The molecule has 158 valence electrons. The Hall–Kier alpha value is -1.59. The molecule has 1 amide bonds. The van der Waals surface area contributed by atoms with E-state index in [2.05, 4.69) is 40.3 Å². The second kappa shape index (κ2) is 7.92. The van der Waals surface area contributed by atoms with Crippen LogP contribution in [0.3, 0.4) is 0 Å². The highest BCUT2D eigenvalue weighted by Gasteiger charge is 2.55. The second-order valence-corrected chi connectivity index (χ2v) is 9.98. The first-order valence-electron chi connectivity index (χ1n) is 11.8. The maximum Gasteiger partial charge on any atom is 0.241 e. The summed E-state index contributed by atoms with van der Waals surface area (Å²) in [6.07, 6.45) is 11.8. The maximum absolute atomic E-state index is 13.3. The lowest BCUT2D eigenvalue weighted by molar-refractivity contribution is -0.118. The van der Waals surface area contributed by atoms with Gasteiger partial charge in [-0.05, 0) is 67.1 Å². The van der Waals surface area contributed by atoms with Crippen molar-refractivity contribution in [1.82, 2.24) is 10.6 Å². The van der Waals surface area contributed by atoms with Gasteiger partial charge in [0.25, 0.3) is 0 Å². The van der Waals surface area contributed by atoms with Gasteiger partial charge in [-0.3, -0.25) is 10.1 Å². The van der Waals surface area contributed by atoms with Crippen LogP contribution < -0.4 is 21.3 Å². The predicted molar refractivity (Wildman–Crippen MR) is 118 cm³/mol. The first-order valence-corrected chi connectivity index (χ1v) is 11.8. The minimum Gasteiger partial charge on any atom is -0.372 e. The molecule has 1 saturated heterocycles. The van der Waals surface area contributed by atoms with Crippen molar-refractivity contribution in [3.05, 3.63) is 23.8 Å². The molecule has 4 atom stereocenters. The molecule has 1 aromatic rings. The molecule has 5 heteroatoms. The van der Waals surface area contributed by atoms with Gasteiger partial charge in [0.05, 0.1) is 12.7 Å². The zero-order chi connectivity index (χ0) is 19.8. The minimum absolute atomic E-state index is 0.0619. The number of hydrogen-bond acceptors (Lipinski definition) is 4. The normalized spacial score (nSPS) is 34.7. The molecule has 29 heavy (non-hydrogen) atoms. The summed E-state index contributed by atoms with van der Waals surface area (Å²) in [6.45, 7) is 4.06. The third-order valence-corrected chi connectivity index (χ3v) is 8.29. The molecular formula is C24H36N4O. The molecule has 3 fully saturated rings. The van der Waals surface area contributed by atoms with E-state index < -0.39 is 0 Å². The van der Waals surface area contributed by atoms with Gasteiger partial charge in [0.15, 0.2) is 0 Å². The van der Waals surface area contributed by atoms with Crippen LogP contribution in [0.25, 0.3) is 0 Å². The van der Waals surface area contributed by atoms with Gasteiger partial charge in [-0.25, -0.2) is 0 Å². The SMILES string of the molecule is CC1CCCC2(C3CCCCC3)CC(C(=O)Nc3ccc4c(c3)NCNC4)NC12. The highest BCUT2D eigenvalue weighted by atomic mass is 16.2. The first kappa shape index (κ1) is 19.4. The third kappa shape index (κ3) is 3.57. The summed E-state index contributed by atoms with van der Waals surface area (Å²) in [7, 11) is 0. The number of carbonyl (C=O) groups is 1. The van der Waals surface area contributed by atoms with Crippen LogP contribution in [0.4, 0.5) is 11.4 Å². The average Bonchev–Trinajstić information content (AvgIpc) is 3.17. The molecule has 2 heterocycles. The Balaban J connectivity index is 1.33. The molecule has 2 aliphatic carbocycles. The zero-order valence-corrected chi connectivity index (χ0v) is 17.7. The van der Waals surface area contributed by atoms with Crippen LogP contribution in [0, 0.1) is 17.3 Å². The average molecular weight is 397 g/mol. The van der Waals surface area contributed by atoms with Crippen LogP contribution in [0.5, 0.6) is 0 Å². The van der Waals surface area contributed by atoms with E-state index in [4.69, 9.17) is 0 Å². The van der Waals surface area contributed by atoms with E-state index >= 15 is 0 Å². The van der Waals surface area contributed by atoms with Crippen molar-refractivity contribution in [2.45, 2.75) is 83.3 Å². The van der Waals surface area contributed by atoms with Crippen molar-refractivity contribution in [2.75, 3.05) is 17.3 Å². The van der Waals surface area contributed by atoms with E-state index in [0.29, 0.717) is 17.4 Å². The summed E-state index contributed by atoms with van der Waals surface area (Å²) in [5.74, 6) is 1.62. The van der Waals surface area contributed by atoms with Gasteiger partial charge in [-0.1, -0.05) is 38.7 Å². The van der Waals surface area contributed by atoms with Crippen molar-refractivity contribution < 1.29 is 4.79 Å². The second-order valence-electron chi connectivity index (χ2n) is 9.98. The van der Waals surface area contributed by atoms with E-state index in [0.717, 1.165) is 36.9 Å². The molecule has 4 aliphatic rings. The lowest BCUT2D eigenvalue weighted by Gasteiger charge is -2.49. The third-order valence-electron chi connectivity index (χ3n) is 8.29. The number of benzene rings is 1.